The minimum atomic E-state index is -0.368. The molecule has 1 aliphatic heterocycles. The van der Waals surface area contributed by atoms with Crippen LogP contribution in [-0.4, -0.2) is 18.4 Å². The molecule has 0 saturated carbocycles. The molecule has 0 spiro atoms. The van der Waals surface area contributed by atoms with Gasteiger partial charge in [-0.05, 0) is 42.3 Å². The number of ether oxygens (including phenoxy) is 1. The molecule has 0 radical (unpaired) electrons. The van der Waals surface area contributed by atoms with E-state index in [1.165, 1.54) is 6.07 Å². The molecule has 2 aromatic carbocycles. The Morgan fingerprint density at radius 3 is 2.81 bits per heavy atom. The highest BCUT2D eigenvalue weighted by atomic mass is 35.5. The van der Waals surface area contributed by atoms with Crippen molar-refractivity contribution in [2.45, 2.75) is 19.4 Å². The second-order valence-electron chi connectivity index (χ2n) is 6.19. The number of rotatable bonds is 4. The largest absolute Gasteiger partial charge is 0.489 e. The summed E-state index contributed by atoms with van der Waals surface area (Å²) in [5, 5.41) is 5.71. The second kappa shape index (κ2) is 6.84. The lowest BCUT2D eigenvalue weighted by molar-refractivity contribution is 0.0471. The van der Waals surface area contributed by atoms with Crippen LogP contribution in [-0.2, 0) is 4.84 Å². The Morgan fingerprint density at radius 1 is 1.19 bits per heavy atom. The third-order valence-corrected chi connectivity index (χ3v) is 4.52. The third-order valence-electron chi connectivity index (χ3n) is 4.27. The molecule has 1 atom stereocenters. The average molecular weight is 370 g/mol. The first-order valence-corrected chi connectivity index (χ1v) is 8.62. The Labute approximate surface area is 154 Å². The van der Waals surface area contributed by atoms with Crippen molar-refractivity contribution < 1.29 is 14.0 Å². The molecular formula is C20H16ClNO4. The Hall–Kier alpha value is -2.79. The van der Waals surface area contributed by atoms with Gasteiger partial charge in [-0.15, -0.1) is 0 Å². The van der Waals surface area contributed by atoms with Crippen LogP contribution in [0.3, 0.4) is 0 Å². The highest BCUT2D eigenvalue weighted by Gasteiger charge is 2.23. The fourth-order valence-electron chi connectivity index (χ4n) is 2.91. The van der Waals surface area contributed by atoms with Gasteiger partial charge in [-0.25, -0.2) is 4.79 Å². The van der Waals surface area contributed by atoms with Gasteiger partial charge in [0.15, 0.2) is 6.10 Å². The van der Waals surface area contributed by atoms with Gasteiger partial charge in [0.25, 0.3) is 0 Å². The molecule has 0 saturated heterocycles. The molecule has 4 rings (SSSR count). The van der Waals surface area contributed by atoms with Crippen LogP contribution >= 0.6 is 11.6 Å². The van der Waals surface area contributed by atoms with E-state index in [1.54, 1.807) is 6.07 Å². The number of aryl methyl sites for hydroxylation is 1. The molecule has 2 heterocycles. The van der Waals surface area contributed by atoms with E-state index in [-0.39, 0.29) is 11.7 Å². The van der Waals surface area contributed by atoms with E-state index in [2.05, 4.69) is 5.16 Å². The molecule has 0 fully saturated rings. The van der Waals surface area contributed by atoms with Crippen LogP contribution in [0.2, 0.25) is 5.02 Å². The van der Waals surface area contributed by atoms with Gasteiger partial charge in [0.2, 0.25) is 0 Å². The summed E-state index contributed by atoms with van der Waals surface area (Å²) in [6, 6.07) is 14.4. The van der Waals surface area contributed by atoms with Gasteiger partial charge in [0.1, 0.15) is 17.9 Å². The molecule has 1 aromatic heterocycles. The first kappa shape index (κ1) is 16.7. The summed E-state index contributed by atoms with van der Waals surface area (Å²) >= 11 is 5.91. The molecule has 0 aliphatic carbocycles. The number of oxime groups is 1. The fourth-order valence-corrected chi connectivity index (χ4v) is 3.04. The highest BCUT2D eigenvalue weighted by molar-refractivity contribution is 6.30. The minimum Gasteiger partial charge on any atom is -0.489 e. The van der Waals surface area contributed by atoms with Crippen LogP contribution in [0.15, 0.2) is 62.9 Å². The Balaban J connectivity index is 1.41. The maximum Gasteiger partial charge on any atom is 0.336 e. The van der Waals surface area contributed by atoms with Crippen molar-refractivity contribution in [1.29, 1.82) is 0 Å². The van der Waals surface area contributed by atoms with E-state index in [0.717, 1.165) is 22.2 Å². The van der Waals surface area contributed by atoms with Crippen molar-refractivity contribution in [3.63, 3.8) is 0 Å². The summed E-state index contributed by atoms with van der Waals surface area (Å²) in [7, 11) is 0. The lowest BCUT2D eigenvalue weighted by atomic mass is 10.1. The zero-order valence-electron chi connectivity index (χ0n) is 14.1. The fraction of sp³-hybridized carbons (Fsp3) is 0.200. The van der Waals surface area contributed by atoms with Gasteiger partial charge in [-0.2, -0.15) is 0 Å². The van der Waals surface area contributed by atoms with Crippen LogP contribution in [0.1, 0.15) is 17.5 Å². The predicted molar refractivity (Wildman–Crippen MR) is 100 cm³/mol. The molecule has 1 aliphatic rings. The van der Waals surface area contributed by atoms with Crippen molar-refractivity contribution >= 4 is 28.3 Å². The molecule has 1 unspecified atom stereocenters. The van der Waals surface area contributed by atoms with E-state index in [0.29, 0.717) is 29.4 Å². The number of halogens is 1. The van der Waals surface area contributed by atoms with Gasteiger partial charge in [-0.3, -0.25) is 0 Å². The van der Waals surface area contributed by atoms with E-state index >= 15 is 0 Å². The standard InChI is InChI=1S/C20H16ClNO4/c1-12-8-20(23)25-19-10-15(6-7-17(12)19)24-11-16-9-18(22-26-16)13-2-4-14(21)5-3-13/h2-8,10,16H,9,11H2,1H3. The van der Waals surface area contributed by atoms with Gasteiger partial charge < -0.3 is 14.0 Å². The van der Waals surface area contributed by atoms with E-state index in [4.69, 9.17) is 25.6 Å². The summed E-state index contributed by atoms with van der Waals surface area (Å²) < 4.78 is 11.0. The molecule has 3 aromatic rings. The normalized spacial score (nSPS) is 16.4. The van der Waals surface area contributed by atoms with Crippen molar-refractivity contribution in [2.75, 3.05) is 6.61 Å². The lowest BCUT2D eigenvalue weighted by Crippen LogP contribution is -2.18. The SMILES string of the molecule is Cc1cc(=O)oc2cc(OCC3CC(c4ccc(Cl)cc4)=NO3)ccc12. The molecule has 26 heavy (non-hydrogen) atoms. The van der Waals surface area contributed by atoms with E-state index in [9.17, 15) is 4.79 Å². The number of nitrogens with zero attached hydrogens (tertiary/aromatic N) is 1. The lowest BCUT2D eigenvalue weighted by Gasteiger charge is -2.11. The Kier molecular flexibility index (Phi) is 4.39. The molecular weight excluding hydrogens is 354 g/mol. The first-order valence-electron chi connectivity index (χ1n) is 8.24. The summed E-state index contributed by atoms with van der Waals surface area (Å²) in [4.78, 5) is 17.0. The predicted octanol–water partition coefficient (Wildman–Crippen LogP) is 4.33. The third kappa shape index (κ3) is 3.44. The first-order chi connectivity index (χ1) is 12.6. The van der Waals surface area contributed by atoms with Crippen molar-refractivity contribution in [3.8, 4) is 5.75 Å². The quantitative estimate of drug-likeness (QED) is 0.642. The number of fused-ring (bicyclic) bond motifs is 1. The molecule has 0 amide bonds. The zero-order chi connectivity index (χ0) is 18.1. The number of benzene rings is 2. The van der Waals surface area contributed by atoms with Gasteiger partial charge >= 0.3 is 5.63 Å². The Bertz CT molecular complexity index is 1040. The van der Waals surface area contributed by atoms with Gasteiger partial charge in [0, 0.05) is 29.0 Å². The van der Waals surface area contributed by atoms with Crippen LogP contribution < -0.4 is 10.4 Å². The molecule has 5 nitrogen and oxygen atoms in total. The molecule has 0 bridgehead atoms. The molecule has 0 N–H and O–H groups in total. The topological polar surface area (TPSA) is 61.0 Å². The second-order valence-corrected chi connectivity index (χ2v) is 6.63. The van der Waals surface area contributed by atoms with Crippen LogP contribution in [0.25, 0.3) is 11.0 Å². The highest BCUT2D eigenvalue weighted by Crippen LogP contribution is 2.24. The summed E-state index contributed by atoms with van der Waals surface area (Å²) in [5.74, 6) is 0.620. The maximum absolute atomic E-state index is 11.5. The number of hydrogen-bond acceptors (Lipinski definition) is 5. The van der Waals surface area contributed by atoms with Gasteiger partial charge in [0.05, 0.1) is 5.71 Å². The van der Waals surface area contributed by atoms with Gasteiger partial charge in [-0.1, -0.05) is 28.9 Å². The minimum absolute atomic E-state index is 0.166. The maximum atomic E-state index is 11.5. The smallest absolute Gasteiger partial charge is 0.336 e. The van der Waals surface area contributed by atoms with Crippen molar-refractivity contribution in [1.82, 2.24) is 0 Å². The van der Waals surface area contributed by atoms with Crippen LogP contribution in [0.5, 0.6) is 5.75 Å². The average Bonchev–Trinajstić information content (AvgIpc) is 3.09. The van der Waals surface area contributed by atoms with E-state index < -0.39 is 0 Å². The van der Waals surface area contributed by atoms with E-state index in [1.807, 2.05) is 43.3 Å². The van der Waals surface area contributed by atoms with Crippen molar-refractivity contribution in [2.24, 2.45) is 5.16 Å². The monoisotopic (exact) mass is 369 g/mol. The summed E-state index contributed by atoms with van der Waals surface area (Å²) in [6.45, 7) is 2.23. The number of hydrogen-bond donors (Lipinski definition) is 0. The summed E-state index contributed by atoms with van der Waals surface area (Å²) in [6.07, 6.45) is 0.490. The van der Waals surface area contributed by atoms with Crippen LogP contribution in [0, 0.1) is 6.92 Å². The van der Waals surface area contributed by atoms with Crippen LogP contribution in [0.4, 0.5) is 0 Å². The summed E-state index contributed by atoms with van der Waals surface area (Å²) in [5.41, 5.74) is 2.88. The zero-order valence-corrected chi connectivity index (χ0v) is 14.8. The Morgan fingerprint density at radius 2 is 2.00 bits per heavy atom. The molecule has 6 heteroatoms. The van der Waals surface area contributed by atoms with Crippen molar-refractivity contribution in [3.05, 3.63) is 75.1 Å². The molecule has 132 valence electrons.